The van der Waals surface area contributed by atoms with Crippen LogP contribution in [-0.2, 0) is 5.54 Å². The first-order valence-corrected chi connectivity index (χ1v) is 7.80. The van der Waals surface area contributed by atoms with Crippen molar-refractivity contribution in [2.24, 2.45) is 0 Å². The Labute approximate surface area is 129 Å². The Bertz CT molecular complexity index is 426. The third-order valence-electron chi connectivity index (χ3n) is 3.68. The summed E-state index contributed by atoms with van der Waals surface area (Å²) in [6, 6.07) is 4.79. The first-order chi connectivity index (χ1) is 9.46. The van der Waals surface area contributed by atoms with Gasteiger partial charge in [0.05, 0.1) is 12.1 Å². The summed E-state index contributed by atoms with van der Waals surface area (Å²) >= 11 is 3.35. The number of aliphatic hydroxyl groups is 1. The highest BCUT2D eigenvalue weighted by atomic mass is 79.9. The molecule has 20 heavy (non-hydrogen) atoms. The fourth-order valence-electron chi connectivity index (χ4n) is 2.19. The van der Waals surface area contributed by atoms with Crippen molar-refractivity contribution >= 4 is 15.9 Å². The Kier molecular flexibility index (Phi) is 7.09. The van der Waals surface area contributed by atoms with E-state index >= 15 is 0 Å². The van der Waals surface area contributed by atoms with Crippen molar-refractivity contribution in [1.29, 1.82) is 0 Å². The standard InChI is InChI=1S/C15H24BrFN2O/c1-4-19(5-2)9-8-18-15(3,11-20)13-10-12(16)6-7-14(13)17/h6-7,10,18,20H,4-5,8-9,11H2,1-3H3. The van der Waals surface area contributed by atoms with Crippen LogP contribution >= 0.6 is 15.9 Å². The van der Waals surface area contributed by atoms with Gasteiger partial charge in [0.25, 0.3) is 0 Å². The molecule has 3 nitrogen and oxygen atoms in total. The SMILES string of the molecule is CCN(CC)CCNC(C)(CO)c1cc(Br)ccc1F. The summed E-state index contributed by atoms with van der Waals surface area (Å²) in [6.07, 6.45) is 0. The minimum Gasteiger partial charge on any atom is -0.394 e. The average Bonchev–Trinajstić information content (AvgIpc) is 2.46. The van der Waals surface area contributed by atoms with E-state index in [-0.39, 0.29) is 12.4 Å². The average molecular weight is 347 g/mol. The third kappa shape index (κ3) is 4.52. The molecule has 0 aliphatic heterocycles. The van der Waals surface area contributed by atoms with Crippen LogP contribution in [0.3, 0.4) is 0 Å². The molecular formula is C15H24BrFN2O. The lowest BCUT2D eigenvalue weighted by Gasteiger charge is -2.31. The number of halogens is 2. The van der Waals surface area contributed by atoms with Crippen LogP contribution in [0.1, 0.15) is 26.3 Å². The number of rotatable bonds is 8. The number of likely N-dealkylation sites (N-methyl/N-ethyl adjacent to an activating group) is 1. The molecule has 0 aliphatic carbocycles. The van der Waals surface area contributed by atoms with Crippen molar-refractivity contribution in [3.8, 4) is 0 Å². The van der Waals surface area contributed by atoms with E-state index in [0.29, 0.717) is 12.1 Å². The zero-order chi connectivity index (χ0) is 15.2. The summed E-state index contributed by atoms with van der Waals surface area (Å²) in [5.41, 5.74) is -0.296. The Balaban J connectivity index is 2.78. The van der Waals surface area contributed by atoms with Gasteiger partial charge in [-0.25, -0.2) is 4.39 Å². The van der Waals surface area contributed by atoms with Gasteiger partial charge in [0, 0.05) is 23.1 Å². The molecule has 0 bridgehead atoms. The predicted octanol–water partition coefficient (Wildman–Crippen LogP) is 2.73. The van der Waals surface area contributed by atoms with E-state index < -0.39 is 5.54 Å². The molecule has 0 spiro atoms. The highest BCUT2D eigenvalue weighted by Gasteiger charge is 2.28. The molecule has 1 rings (SSSR count). The Morgan fingerprint density at radius 2 is 2.00 bits per heavy atom. The Morgan fingerprint density at radius 1 is 1.35 bits per heavy atom. The number of hydrogen-bond acceptors (Lipinski definition) is 3. The third-order valence-corrected chi connectivity index (χ3v) is 4.17. The number of nitrogens with one attached hydrogen (secondary N) is 1. The summed E-state index contributed by atoms with van der Waals surface area (Å²) < 4.78 is 14.8. The lowest BCUT2D eigenvalue weighted by Crippen LogP contribution is -2.46. The summed E-state index contributed by atoms with van der Waals surface area (Å²) in [6.45, 7) is 9.44. The van der Waals surface area contributed by atoms with Crippen LogP contribution in [0, 0.1) is 5.82 Å². The van der Waals surface area contributed by atoms with Crippen molar-refractivity contribution in [2.45, 2.75) is 26.3 Å². The van der Waals surface area contributed by atoms with Gasteiger partial charge in [0.15, 0.2) is 0 Å². The molecule has 2 N–H and O–H groups in total. The molecule has 1 unspecified atom stereocenters. The Morgan fingerprint density at radius 3 is 2.55 bits per heavy atom. The van der Waals surface area contributed by atoms with E-state index in [1.807, 2.05) is 6.92 Å². The van der Waals surface area contributed by atoms with Crippen molar-refractivity contribution in [2.75, 3.05) is 32.8 Å². The van der Waals surface area contributed by atoms with Crippen LogP contribution < -0.4 is 5.32 Å². The van der Waals surface area contributed by atoms with Crippen LogP contribution in [0.4, 0.5) is 4.39 Å². The van der Waals surface area contributed by atoms with Crippen LogP contribution in [0.15, 0.2) is 22.7 Å². The van der Waals surface area contributed by atoms with Gasteiger partial charge in [-0.3, -0.25) is 0 Å². The normalized spacial score (nSPS) is 14.6. The first kappa shape index (κ1) is 17.6. The predicted molar refractivity (Wildman–Crippen MR) is 84.3 cm³/mol. The Hall–Kier alpha value is -0.490. The summed E-state index contributed by atoms with van der Waals surface area (Å²) in [7, 11) is 0. The molecule has 0 radical (unpaired) electrons. The van der Waals surface area contributed by atoms with Crippen LogP contribution in [0.5, 0.6) is 0 Å². The largest absolute Gasteiger partial charge is 0.394 e. The van der Waals surface area contributed by atoms with Gasteiger partial charge >= 0.3 is 0 Å². The van der Waals surface area contributed by atoms with Crippen LogP contribution in [-0.4, -0.2) is 42.8 Å². The molecule has 1 aromatic carbocycles. The molecule has 0 amide bonds. The van der Waals surface area contributed by atoms with Gasteiger partial charge in [-0.2, -0.15) is 0 Å². The van der Waals surface area contributed by atoms with Gasteiger partial charge < -0.3 is 15.3 Å². The van der Waals surface area contributed by atoms with Gasteiger partial charge in [-0.1, -0.05) is 29.8 Å². The smallest absolute Gasteiger partial charge is 0.128 e. The monoisotopic (exact) mass is 346 g/mol. The van der Waals surface area contributed by atoms with Crippen LogP contribution in [0.25, 0.3) is 0 Å². The zero-order valence-electron chi connectivity index (χ0n) is 12.4. The van der Waals surface area contributed by atoms with Crippen molar-refractivity contribution < 1.29 is 9.50 Å². The molecule has 0 aliphatic rings. The first-order valence-electron chi connectivity index (χ1n) is 7.00. The summed E-state index contributed by atoms with van der Waals surface area (Å²) in [4.78, 5) is 2.28. The maximum atomic E-state index is 14.0. The van der Waals surface area contributed by atoms with Crippen LogP contribution in [0.2, 0.25) is 0 Å². The number of nitrogens with zero attached hydrogens (tertiary/aromatic N) is 1. The zero-order valence-corrected chi connectivity index (χ0v) is 14.0. The molecule has 114 valence electrons. The van der Waals surface area contributed by atoms with Gasteiger partial charge in [0.2, 0.25) is 0 Å². The highest BCUT2D eigenvalue weighted by Crippen LogP contribution is 2.26. The maximum Gasteiger partial charge on any atom is 0.128 e. The van der Waals surface area contributed by atoms with E-state index in [9.17, 15) is 9.50 Å². The minimum absolute atomic E-state index is 0.154. The van der Waals surface area contributed by atoms with E-state index in [4.69, 9.17) is 0 Å². The maximum absolute atomic E-state index is 14.0. The molecule has 0 heterocycles. The van der Waals surface area contributed by atoms with E-state index in [1.54, 1.807) is 12.1 Å². The van der Waals surface area contributed by atoms with E-state index in [0.717, 1.165) is 24.1 Å². The number of benzene rings is 1. The lowest BCUT2D eigenvalue weighted by atomic mass is 9.92. The van der Waals surface area contributed by atoms with Gasteiger partial charge in [-0.05, 0) is 38.2 Å². The molecule has 0 saturated heterocycles. The molecular weight excluding hydrogens is 323 g/mol. The van der Waals surface area contributed by atoms with Crippen molar-refractivity contribution in [3.63, 3.8) is 0 Å². The molecule has 0 aromatic heterocycles. The van der Waals surface area contributed by atoms with Gasteiger partial charge in [0.1, 0.15) is 5.82 Å². The molecule has 0 fully saturated rings. The topological polar surface area (TPSA) is 35.5 Å². The summed E-state index contributed by atoms with van der Waals surface area (Å²) in [5.74, 6) is -0.305. The van der Waals surface area contributed by atoms with Crippen molar-refractivity contribution in [1.82, 2.24) is 10.2 Å². The fourth-order valence-corrected chi connectivity index (χ4v) is 2.55. The quantitative estimate of drug-likeness (QED) is 0.759. The minimum atomic E-state index is -0.777. The molecule has 1 aromatic rings. The molecule has 5 heteroatoms. The second-order valence-corrected chi connectivity index (χ2v) is 5.98. The number of hydrogen-bond donors (Lipinski definition) is 2. The second kappa shape index (κ2) is 8.08. The second-order valence-electron chi connectivity index (χ2n) is 5.07. The van der Waals surface area contributed by atoms with E-state index in [1.165, 1.54) is 6.07 Å². The summed E-state index contributed by atoms with van der Waals surface area (Å²) in [5, 5.41) is 13.0. The molecule has 0 saturated carbocycles. The molecule has 1 atom stereocenters. The lowest BCUT2D eigenvalue weighted by molar-refractivity contribution is 0.165. The fraction of sp³-hybridized carbons (Fsp3) is 0.600. The van der Waals surface area contributed by atoms with Gasteiger partial charge in [-0.15, -0.1) is 0 Å². The van der Waals surface area contributed by atoms with Crippen molar-refractivity contribution in [3.05, 3.63) is 34.1 Å². The highest BCUT2D eigenvalue weighted by molar-refractivity contribution is 9.10. The number of aliphatic hydroxyl groups excluding tert-OH is 1. The van der Waals surface area contributed by atoms with E-state index in [2.05, 4.69) is 40.0 Å².